The van der Waals surface area contributed by atoms with Gasteiger partial charge < -0.3 is 4.98 Å². The SMILES string of the molecule is [c]1nc2cnccc2[nH]1. The molecule has 1 N–H and O–H groups in total. The lowest BCUT2D eigenvalue weighted by Gasteiger charge is -1.80. The fourth-order valence-electron chi connectivity index (χ4n) is 0.729. The van der Waals surface area contributed by atoms with Gasteiger partial charge in [0, 0.05) is 6.20 Å². The second-order valence-corrected chi connectivity index (χ2v) is 1.74. The lowest BCUT2D eigenvalue weighted by atomic mass is 10.4. The highest BCUT2D eigenvalue weighted by atomic mass is 14.9. The van der Waals surface area contributed by atoms with Crippen molar-refractivity contribution < 1.29 is 0 Å². The molecule has 0 aliphatic carbocycles. The van der Waals surface area contributed by atoms with Gasteiger partial charge in [-0.1, -0.05) is 0 Å². The summed E-state index contributed by atoms with van der Waals surface area (Å²) < 4.78 is 0. The van der Waals surface area contributed by atoms with Crippen molar-refractivity contribution in [2.24, 2.45) is 0 Å². The predicted molar refractivity (Wildman–Crippen MR) is 32.7 cm³/mol. The van der Waals surface area contributed by atoms with E-state index in [0.717, 1.165) is 11.0 Å². The van der Waals surface area contributed by atoms with Gasteiger partial charge >= 0.3 is 0 Å². The van der Waals surface area contributed by atoms with Gasteiger partial charge in [-0.15, -0.1) is 0 Å². The summed E-state index contributed by atoms with van der Waals surface area (Å²) in [5.74, 6) is 0. The Bertz CT molecular complexity index is 282. The highest BCUT2D eigenvalue weighted by Gasteiger charge is 1.90. The smallest absolute Gasteiger partial charge is 0.174 e. The van der Waals surface area contributed by atoms with Crippen molar-refractivity contribution in [3.05, 3.63) is 24.8 Å². The van der Waals surface area contributed by atoms with E-state index in [2.05, 4.69) is 21.3 Å². The second-order valence-electron chi connectivity index (χ2n) is 1.74. The summed E-state index contributed by atoms with van der Waals surface area (Å²) in [5.41, 5.74) is 1.84. The zero-order valence-electron chi connectivity index (χ0n) is 4.63. The maximum atomic E-state index is 3.88. The number of fused-ring (bicyclic) bond motifs is 1. The maximum absolute atomic E-state index is 3.88. The molecular weight excluding hydrogens is 114 g/mol. The summed E-state index contributed by atoms with van der Waals surface area (Å²) in [5, 5.41) is 0. The molecule has 1 radical (unpaired) electrons. The number of hydrogen-bond acceptors (Lipinski definition) is 2. The van der Waals surface area contributed by atoms with Crippen LogP contribution in [0.15, 0.2) is 18.5 Å². The molecule has 2 rings (SSSR count). The van der Waals surface area contributed by atoms with E-state index in [4.69, 9.17) is 0 Å². The summed E-state index contributed by atoms with van der Waals surface area (Å²) in [6.07, 6.45) is 6.04. The molecule has 2 aromatic rings. The van der Waals surface area contributed by atoms with Crippen molar-refractivity contribution >= 4 is 11.0 Å². The fraction of sp³-hybridized carbons (Fsp3) is 0. The van der Waals surface area contributed by atoms with Crippen molar-refractivity contribution in [2.45, 2.75) is 0 Å². The molecule has 0 unspecified atom stereocenters. The Kier molecular flexibility index (Phi) is 0.773. The molecule has 0 amide bonds. The van der Waals surface area contributed by atoms with E-state index in [9.17, 15) is 0 Å². The van der Waals surface area contributed by atoms with Crippen LogP contribution in [0.4, 0.5) is 0 Å². The number of aromatic amines is 1. The predicted octanol–water partition coefficient (Wildman–Crippen LogP) is 0.758. The molecular formula is C6H4N3. The van der Waals surface area contributed by atoms with Crippen LogP contribution in [0, 0.1) is 6.33 Å². The van der Waals surface area contributed by atoms with Gasteiger partial charge in [0.05, 0.1) is 11.7 Å². The number of pyridine rings is 1. The monoisotopic (exact) mass is 118 g/mol. The van der Waals surface area contributed by atoms with Crippen LogP contribution in [0.2, 0.25) is 0 Å². The summed E-state index contributed by atoms with van der Waals surface area (Å²) in [6, 6.07) is 1.86. The number of nitrogens with zero attached hydrogens (tertiary/aromatic N) is 2. The molecule has 0 bridgehead atoms. The van der Waals surface area contributed by atoms with Crippen molar-refractivity contribution in [1.29, 1.82) is 0 Å². The van der Waals surface area contributed by atoms with Crippen LogP contribution in [0.3, 0.4) is 0 Å². The third-order valence-corrected chi connectivity index (χ3v) is 1.17. The van der Waals surface area contributed by atoms with Crippen LogP contribution >= 0.6 is 0 Å². The van der Waals surface area contributed by atoms with Crippen molar-refractivity contribution in [3.63, 3.8) is 0 Å². The zero-order valence-corrected chi connectivity index (χ0v) is 4.63. The third kappa shape index (κ3) is 0.579. The van der Waals surface area contributed by atoms with E-state index in [1.165, 1.54) is 0 Å². The Labute approximate surface area is 51.8 Å². The molecule has 0 saturated carbocycles. The first kappa shape index (κ1) is 4.49. The molecule has 0 fully saturated rings. The van der Waals surface area contributed by atoms with Crippen LogP contribution in [-0.4, -0.2) is 15.0 Å². The van der Waals surface area contributed by atoms with E-state index in [-0.39, 0.29) is 0 Å². The lowest BCUT2D eigenvalue weighted by molar-refractivity contribution is 1.31. The quantitative estimate of drug-likeness (QED) is 0.554. The minimum Gasteiger partial charge on any atom is -0.335 e. The van der Waals surface area contributed by atoms with Crippen molar-refractivity contribution in [2.75, 3.05) is 0 Å². The molecule has 43 valence electrons. The normalized spacial score (nSPS) is 10.2. The number of rotatable bonds is 0. The van der Waals surface area contributed by atoms with Gasteiger partial charge in [0.15, 0.2) is 6.33 Å². The van der Waals surface area contributed by atoms with E-state index in [1.807, 2.05) is 6.07 Å². The van der Waals surface area contributed by atoms with Crippen LogP contribution in [-0.2, 0) is 0 Å². The van der Waals surface area contributed by atoms with Gasteiger partial charge in [0.25, 0.3) is 0 Å². The number of H-pyrrole nitrogens is 1. The summed E-state index contributed by atoms with van der Waals surface area (Å²) >= 11 is 0. The Hall–Kier alpha value is -1.38. The van der Waals surface area contributed by atoms with Crippen LogP contribution in [0.1, 0.15) is 0 Å². The number of nitrogens with one attached hydrogen (secondary N) is 1. The average Bonchev–Trinajstić information content (AvgIpc) is 2.33. The standard InChI is InChI=1S/C6H4N3/c1-2-7-3-6-5(1)8-4-9-6/h1-3H,(H,8,9). The number of aromatic nitrogens is 3. The largest absolute Gasteiger partial charge is 0.335 e. The minimum absolute atomic E-state index is 0.859. The van der Waals surface area contributed by atoms with Gasteiger partial charge in [-0.05, 0) is 6.07 Å². The van der Waals surface area contributed by atoms with E-state index in [0.29, 0.717) is 0 Å². The van der Waals surface area contributed by atoms with Crippen LogP contribution in [0.5, 0.6) is 0 Å². The first-order valence-electron chi connectivity index (χ1n) is 2.62. The molecule has 0 aliphatic rings. The molecule has 3 nitrogen and oxygen atoms in total. The molecule has 3 heteroatoms. The van der Waals surface area contributed by atoms with Crippen LogP contribution in [0.25, 0.3) is 11.0 Å². The van der Waals surface area contributed by atoms with Gasteiger partial charge in [0.1, 0.15) is 5.52 Å². The van der Waals surface area contributed by atoms with Gasteiger partial charge in [0.2, 0.25) is 0 Å². The summed E-state index contributed by atoms with van der Waals surface area (Å²) in [4.78, 5) is 10.6. The number of imidazole rings is 1. The fourth-order valence-corrected chi connectivity index (χ4v) is 0.729. The Balaban J connectivity index is 2.95. The van der Waals surface area contributed by atoms with Gasteiger partial charge in [-0.2, -0.15) is 0 Å². The van der Waals surface area contributed by atoms with Crippen molar-refractivity contribution in [3.8, 4) is 0 Å². The Morgan fingerprint density at radius 1 is 1.56 bits per heavy atom. The number of hydrogen-bond donors (Lipinski definition) is 1. The Morgan fingerprint density at radius 3 is 3.44 bits per heavy atom. The summed E-state index contributed by atoms with van der Waals surface area (Å²) in [7, 11) is 0. The second kappa shape index (κ2) is 1.55. The minimum atomic E-state index is 0.859. The lowest BCUT2D eigenvalue weighted by Crippen LogP contribution is -1.69. The third-order valence-electron chi connectivity index (χ3n) is 1.17. The molecule has 0 atom stereocenters. The van der Waals surface area contributed by atoms with Gasteiger partial charge in [-0.25, -0.2) is 4.98 Å². The van der Waals surface area contributed by atoms with Gasteiger partial charge in [-0.3, -0.25) is 4.98 Å². The first-order valence-corrected chi connectivity index (χ1v) is 2.62. The highest BCUT2D eigenvalue weighted by molar-refractivity contribution is 5.72. The first-order chi connectivity index (χ1) is 4.47. The molecule has 0 aliphatic heterocycles. The molecule has 9 heavy (non-hydrogen) atoms. The molecule has 2 heterocycles. The van der Waals surface area contributed by atoms with Crippen molar-refractivity contribution in [1.82, 2.24) is 15.0 Å². The maximum Gasteiger partial charge on any atom is 0.174 e. The Morgan fingerprint density at radius 2 is 2.56 bits per heavy atom. The molecule has 0 saturated heterocycles. The average molecular weight is 118 g/mol. The van der Waals surface area contributed by atoms with Crippen LogP contribution < -0.4 is 0 Å². The summed E-state index contributed by atoms with van der Waals surface area (Å²) in [6.45, 7) is 0. The zero-order chi connectivity index (χ0) is 6.10. The van der Waals surface area contributed by atoms with E-state index in [1.54, 1.807) is 12.4 Å². The van der Waals surface area contributed by atoms with E-state index >= 15 is 0 Å². The topological polar surface area (TPSA) is 41.6 Å². The molecule has 0 aromatic carbocycles. The molecule has 2 aromatic heterocycles. The highest BCUT2D eigenvalue weighted by Crippen LogP contribution is 2.02. The van der Waals surface area contributed by atoms with E-state index < -0.39 is 0 Å². The molecule has 0 spiro atoms.